The van der Waals surface area contributed by atoms with Gasteiger partial charge in [-0.15, -0.1) is 0 Å². The smallest absolute Gasteiger partial charge is 0.120 e. The Morgan fingerprint density at radius 1 is 1.53 bits per heavy atom. The molecular formula is C14H26O3. The molecule has 3 nitrogen and oxygen atoms in total. The van der Waals surface area contributed by atoms with Crippen LogP contribution in [-0.4, -0.2) is 29.7 Å². The molecule has 0 heterocycles. The van der Waals surface area contributed by atoms with Crippen LogP contribution >= 0.6 is 0 Å². The predicted octanol–water partition coefficient (Wildman–Crippen LogP) is 2.70. The number of rotatable bonds is 6. The summed E-state index contributed by atoms with van der Waals surface area (Å²) in [7, 11) is 0. The standard InChI is InChI=1S/C14H26O3/c1-13(2,16)8-10-17-12-5-4-6-14(3,11-12)7-9-15/h9,12,16H,4-8,10-11H2,1-3H3/t12-,14+/m1/s1. The minimum Gasteiger partial charge on any atom is -0.390 e. The summed E-state index contributed by atoms with van der Waals surface area (Å²) in [5.74, 6) is 0. The van der Waals surface area contributed by atoms with Gasteiger partial charge in [-0.25, -0.2) is 0 Å². The van der Waals surface area contributed by atoms with Crippen LogP contribution in [0.3, 0.4) is 0 Å². The number of carbonyl (C=O) groups excluding carboxylic acids is 1. The van der Waals surface area contributed by atoms with Crippen molar-refractivity contribution in [1.29, 1.82) is 0 Å². The molecular weight excluding hydrogens is 216 g/mol. The van der Waals surface area contributed by atoms with Crippen molar-refractivity contribution in [2.45, 2.75) is 71.0 Å². The quantitative estimate of drug-likeness (QED) is 0.728. The maximum Gasteiger partial charge on any atom is 0.120 e. The lowest BCUT2D eigenvalue weighted by Crippen LogP contribution is -2.32. The average molecular weight is 242 g/mol. The molecule has 100 valence electrons. The van der Waals surface area contributed by atoms with Crippen molar-refractivity contribution in [2.75, 3.05) is 6.61 Å². The summed E-state index contributed by atoms with van der Waals surface area (Å²) >= 11 is 0. The zero-order chi connectivity index (χ0) is 12.9. The molecule has 1 saturated carbocycles. The number of ether oxygens (including phenoxy) is 1. The fourth-order valence-corrected chi connectivity index (χ4v) is 2.51. The summed E-state index contributed by atoms with van der Waals surface area (Å²) in [5, 5.41) is 9.61. The summed E-state index contributed by atoms with van der Waals surface area (Å²) in [6.07, 6.45) is 6.90. The Bertz CT molecular complexity index is 244. The Balaban J connectivity index is 2.32. The van der Waals surface area contributed by atoms with Gasteiger partial charge in [-0.05, 0) is 44.9 Å². The van der Waals surface area contributed by atoms with Crippen molar-refractivity contribution in [3.63, 3.8) is 0 Å². The van der Waals surface area contributed by atoms with Crippen LogP contribution in [-0.2, 0) is 9.53 Å². The van der Waals surface area contributed by atoms with E-state index in [9.17, 15) is 9.90 Å². The van der Waals surface area contributed by atoms with Crippen molar-refractivity contribution < 1.29 is 14.6 Å². The molecule has 1 aliphatic rings. The third-order valence-electron chi connectivity index (χ3n) is 3.67. The molecule has 1 rings (SSSR count). The first-order valence-electron chi connectivity index (χ1n) is 6.62. The second kappa shape index (κ2) is 5.96. The maximum atomic E-state index is 10.7. The van der Waals surface area contributed by atoms with E-state index in [0.717, 1.165) is 32.0 Å². The van der Waals surface area contributed by atoms with Gasteiger partial charge >= 0.3 is 0 Å². The Hall–Kier alpha value is -0.410. The summed E-state index contributed by atoms with van der Waals surface area (Å²) < 4.78 is 5.82. The highest BCUT2D eigenvalue weighted by Gasteiger charge is 2.32. The molecule has 1 aliphatic carbocycles. The molecule has 0 bridgehead atoms. The highest BCUT2D eigenvalue weighted by Crippen LogP contribution is 2.39. The molecule has 1 N–H and O–H groups in total. The third-order valence-corrected chi connectivity index (χ3v) is 3.67. The zero-order valence-electron chi connectivity index (χ0n) is 11.4. The monoisotopic (exact) mass is 242 g/mol. The normalized spacial score (nSPS) is 30.2. The molecule has 3 heteroatoms. The van der Waals surface area contributed by atoms with Crippen molar-refractivity contribution in [3.05, 3.63) is 0 Å². The molecule has 0 aromatic heterocycles. The van der Waals surface area contributed by atoms with E-state index in [1.165, 1.54) is 0 Å². The van der Waals surface area contributed by atoms with Crippen LogP contribution in [0.1, 0.15) is 59.3 Å². The van der Waals surface area contributed by atoms with Crippen molar-refractivity contribution in [1.82, 2.24) is 0 Å². The first kappa shape index (κ1) is 14.7. The van der Waals surface area contributed by atoms with Gasteiger partial charge in [-0.1, -0.05) is 13.3 Å². The Morgan fingerprint density at radius 3 is 2.82 bits per heavy atom. The topological polar surface area (TPSA) is 46.5 Å². The van der Waals surface area contributed by atoms with E-state index in [-0.39, 0.29) is 11.5 Å². The zero-order valence-corrected chi connectivity index (χ0v) is 11.4. The number of aldehydes is 1. The van der Waals surface area contributed by atoms with Gasteiger partial charge in [-0.3, -0.25) is 0 Å². The fraction of sp³-hybridized carbons (Fsp3) is 0.929. The summed E-state index contributed by atoms with van der Waals surface area (Å²) in [4.78, 5) is 10.7. The predicted molar refractivity (Wildman–Crippen MR) is 67.9 cm³/mol. The molecule has 0 aliphatic heterocycles. The maximum absolute atomic E-state index is 10.7. The van der Waals surface area contributed by atoms with E-state index >= 15 is 0 Å². The molecule has 0 aromatic carbocycles. The van der Waals surface area contributed by atoms with Gasteiger partial charge in [-0.2, -0.15) is 0 Å². The van der Waals surface area contributed by atoms with Gasteiger partial charge in [0.1, 0.15) is 6.29 Å². The minimum atomic E-state index is -0.652. The van der Waals surface area contributed by atoms with Crippen LogP contribution in [0.15, 0.2) is 0 Å². The van der Waals surface area contributed by atoms with Crippen molar-refractivity contribution >= 4 is 6.29 Å². The van der Waals surface area contributed by atoms with E-state index in [0.29, 0.717) is 19.4 Å². The van der Waals surface area contributed by atoms with E-state index in [1.807, 2.05) is 0 Å². The molecule has 17 heavy (non-hydrogen) atoms. The van der Waals surface area contributed by atoms with Gasteiger partial charge in [0.05, 0.1) is 11.7 Å². The van der Waals surface area contributed by atoms with Gasteiger partial charge in [0.2, 0.25) is 0 Å². The molecule has 2 atom stereocenters. The Kier molecular flexibility index (Phi) is 5.14. The fourth-order valence-electron chi connectivity index (χ4n) is 2.51. The van der Waals surface area contributed by atoms with Crippen LogP contribution < -0.4 is 0 Å². The number of hydrogen-bond donors (Lipinski definition) is 1. The molecule has 0 spiro atoms. The van der Waals surface area contributed by atoms with E-state index in [4.69, 9.17) is 4.74 Å². The Labute approximate surface area is 105 Å². The highest BCUT2D eigenvalue weighted by atomic mass is 16.5. The first-order chi connectivity index (χ1) is 7.85. The lowest BCUT2D eigenvalue weighted by atomic mass is 9.72. The van der Waals surface area contributed by atoms with Crippen molar-refractivity contribution in [2.24, 2.45) is 5.41 Å². The second-order valence-corrected chi connectivity index (χ2v) is 6.33. The van der Waals surface area contributed by atoms with Gasteiger partial charge < -0.3 is 14.6 Å². The number of hydrogen-bond acceptors (Lipinski definition) is 3. The SMILES string of the molecule is CC(C)(O)CCO[C@@H]1CCC[C@@](C)(CC=O)C1. The van der Waals surface area contributed by atoms with E-state index in [1.54, 1.807) is 13.8 Å². The summed E-state index contributed by atoms with van der Waals surface area (Å²) in [6.45, 7) is 6.37. The van der Waals surface area contributed by atoms with Gasteiger partial charge in [0, 0.05) is 13.0 Å². The molecule has 0 amide bonds. The number of aliphatic hydroxyl groups is 1. The van der Waals surface area contributed by atoms with Crippen LogP contribution in [0.5, 0.6) is 0 Å². The average Bonchev–Trinajstić information content (AvgIpc) is 2.15. The van der Waals surface area contributed by atoms with Crippen LogP contribution in [0, 0.1) is 5.41 Å². The minimum absolute atomic E-state index is 0.124. The van der Waals surface area contributed by atoms with Gasteiger partial charge in [0.25, 0.3) is 0 Å². The molecule has 1 fully saturated rings. The molecule has 0 unspecified atom stereocenters. The van der Waals surface area contributed by atoms with Gasteiger partial charge in [0.15, 0.2) is 0 Å². The molecule has 0 radical (unpaired) electrons. The van der Waals surface area contributed by atoms with E-state index in [2.05, 4.69) is 6.92 Å². The van der Waals surface area contributed by atoms with Crippen LogP contribution in [0.2, 0.25) is 0 Å². The highest BCUT2D eigenvalue weighted by molar-refractivity contribution is 5.50. The molecule has 0 saturated heterocycles. The summed E-state index contributed by atoms with van der Waals surface area (Å²) in [6, 6.07) is 0. The lowest BCUT2D eigenvalue weighted by molar-refractivity contribution is -0.111. The third kappa shape index (κ3) is 5.64. The van der Waals surface area contributed by atoms with Crippen LogP contribution in [0.25, 0.3) is 0 Å². The number of carbonyl (C=O) groups is 1. The van der Waals surface area contributed by atoms with Crippen molar-refractivity contribution in [3.8, 4) is 0 Å². The summed E-state index contributed by atoms with van der Waals surface area (Å²) in [5.41, 5.74) is -0.528. The first-order valence-corrected chi connectivity index (χ1v) is 6.62. The van der Waals surface area contributed by atoms with Crippen LogP contribution in [0.4, 0.5) is 0 Å². The molecule has 0 aromatic rings. The Morgan fingerprint density at radius 2 is 2.24 bits per heavy atom. The van der Waals surface area contributed by atoms with E-state index < -0.39 is 5.60 Å². The second-order valence-electron chi connectivity index (χ2n) is 6.33. The lowest BCUT2D eigenvalue weighted by Gasteiger charge is -2.37. The largest absolute Gasteiger partial charge is 0.390 e.